The number of hydrogen-bond donors (Lipinski definition) is 2. The molecule has 0 aliphatic rings. The molecule has 2 aromatic rings. The number of halogens is 1. The van der Waals surface area contributed by atoms with E-state index in [0.717, 1.165) is 28.8 Å². The summed E-state index contributed by atoms with van der Waals surface area (Å²) in [5, 5.41) is 9.78. The van der Waals surface area contributed by atoms with Gasteiger partial charge in [0.15, 0.2) is 5.96 Å². The van der Waals surface area contributed by atoms with Gasteiger partial charge in [-0.15, -0.1) is 35.3 Å². The number of rotatable bonds is 8. The summed E-state index contributed by atoms with van der Waals surface area (Å²) in [4.78, 5) is 13.5. The molecule has 2 aromatic heterocycles. The molecule has 26 heavy (non-hydrogen) atoms. The lowest BCUT2D eigenvalue weighted by Gasteiger charge is -2.11. The van der Waals surface area contributed by atoms with Crippen molar-refractivity contribution < 1.29 is 4.74 Å². The molecule has 6 nitrogen and oxygen atoms in total. The number of ether oxygens (including phenoxy) is 1. The van der Waals surface area contributed by atoms with E-state index in [-0.39, 0.29) is 24.0 Å². The molecule has 0 radical (unpaired) electrons. The summed E-state index contributed by atoms with van der Waals surface area (Å²) in [7, 11) is 0. The van der Waals surface area contributed by atoms with Gasteiger partial charge in [-0.2, -0.15) is 0 Å². The fourth-order valence-corrected chi connectivity index (χ4v) is 3.04. The van der Waals surface area contributed by atoms with Crippen LogP contribution in [0.2, 0.25) is 0 Å². The van der Waals surface area contributed by atoms with E-state index < -0.39 is 0 Å². The molecule has 2 N–H and O–H groups in total. The summed E-state index contributed by atoms with van der Waals surface area (Å²) in [5.41, 5.74) is 2.11. The second kappa shape index (κ2) is 12.1. The summed E-state index contributed by atoms with van der Waals surface area (Å²) < 4.78 is 5.55. The largest absolute Gasteiger partial charge is 0.478 e. The van der Waals surface area contributed by atoms with Gasteiger partial charge in [0.2, 0.25) is 5.88 Å². The van der Waals surface area contributed by atoms with Crippen LogP contribution >= 0.6 is 35.3 Å². The average Bonchev–Trinajstić information content (AvgIpc) is 3.08. The number of nitrogens with one attached hydrogen (secondary N) is 2. The van der Waals surface area contributed by atoms with Gasteiger partial charge in [0.1, 0.15) is 5.01 Å². The average molecular weight is 489 g/mol. The van der Waals surface area contributed by atoms with E-state index in [1.54, 1.807) is 17.5 Å². The number of aliphatic imine (C=N–C) groups is 1. The lowest BCUT2D eigenvalue weighted by molar-refractivity contribution is 0.323. The van der Waals surface area contributed by atoms with E-state index in [4.69, 9.17) is 4.74 Å². The van der Waals surface area contributed by atoms with Crippen LogP contribution in [-0.4, -0.2) is 29.1 Å². The lowest BCUT2D eigenvalue weighted by Crippen LogP contribution is -2.36. The molecule has 0 aliphatic carbocycles. The molecule has 2 rings (SSSR count). The number of guanidine groups is 1. The minimum absolute atomic E-state index is 0. The topological polar surface area (TPSA) is 71.4 Å². The smallest absolute Gasteiger partial charge is 0.218 e. The van der Waals surface area contributed by atoms with Crippen LogP contribution in [0.5, 0.6) is 5.88 Å². The van der Waals surface area contributed by atoms with Crippen molar-refractivity contribution in [3.05, 3.63) is 40.0 Å². The van der Waals surface area contributed by atoms with Crippen molar-refractivity contribution in [1.82, 2.24) is 20.6 Å². The zero-order chi connectivity index (χ0) is 18.1. The van der Waals surface area contributed by atoms with Crippen molar-refractivity contribution in [2.24, 2.45) is 4.99 Å². The molecule has 0 spiro atoms. The molecular weight excluding hydrogens is 461 g/mol. The minimum atomic E-state index is 0. The number of hydrogen-bond acceptors (Lipinski definition) is 5. The monoisotopic (exact) mass is 489 g/mol. The van der Waals surface area contributed by atoms with Crippen LogP contribution < -0.4 is 15.4 Å². The molecule has 144 valence electrons. The SMILES string of the molecule is CCNC(=NCc1cccnc1OCC)NCc1nc(C(C)C)cs1.I. The van der Waals surface area contributed by atoms with Crippen LogP contribution in [0.4, 0.5) is 0 Å². The summed E-state index contributed by atoms with van der Waals surface area (Å²) >= 11 is 1.68. The van der Waals surface area contributed by atoms with E-state index >= 15 is 0 Å². The first-order valence-electron chi connectivity index (χ1n) is 8.67. The highest BCUT2D eigenvalue weighted by atomic mass is 127. The molecule has 0 aromatic carbocycles. The van der Waals surface area contributed by atoms with Gasteiger partial charge < -0.3 is 15.4 Å². The Kier molecular flexibility index (Phi) is 10.5. The van der Waals surface area contributed by atoms with Crippen LogP contribution in [-0.2, 0) is 13.1 Å². The summed E-state index contributed by atoms with van der Waals surface area (Å²) in [5.74, 6) is 1.86. The highest BCUT2D eigenvalue weighted by molar-refractivity contribution is 14.0. The zero-order valence-electron chi connectivity index (χ0n) is 15.8. The van der Waals surface area contributed by atoms with Crippen molar-refractivity contribution in [3.8, 4) is 5.88 Å². The zero-order valence-corrected chi connectivity index (χ0v) is 18.9. The molecule has 2 heterocycles. The Morgan fingerprint density at radius 1 is 1.31 bits per heavy atom. The molecule has 0 saturated heterocycles. The molecule has 0 aliphatic heterocycles. The second-order valence-corrected chi connectivity index (χ2v) is 6.71. The Balaban J connectivity index is 0.00000338. The third-order valence-electron chi connectivity index (χ3n) is 3.45. The van der Waals surface area contributed by atoms with E-state index in [1.807, 2.05) is 26.0 Å². The van der Waals surface area contributed by atoms with E-state index in [1.165, 1.54) is 0 Å². The van der Waals surface area contributed by atoms with Gasteiger partial charge in [-0.05, 0) is 25.8 Å². The second-order valence-electron chi connectivity index (χ2n) is 5.77. The standard InChI is InChI=1S/C18H27N5OS.HI/c1-5-19-18(22-11-16-23-15(12-25-16)13(3)4)21-10-14-8-7-9-20-17(14)24-6-2;/h7-9,12-13H,5-6,10-11H2,1-4H3,(H2,19,21,22);1H. The third kappa shape index (κ3) is 7.06. The van der Waals surface area contributed by atoms with Gasteiger partial charge in [-0.3, -0.25) is 0 Å². The van der Waals surface area contributed by atoms with E-state index in [2.05, 4.69) is 44.8 Å². The first-order chi connectivity index (χ1) is 12.1. The third-order valence-corrected chi connectivity index (χ3v) is 4.32. The Labute approximate surface area is 176 Å². The normalized spacial score (nSPS) is 11.2. The summed E-state index contributed by atoms with van der Waals surface area (Å²) in [6.45, 7) is 10.9. The molecule has 0 fully saturated rings. The minimum Gasteiger partial charge on any atom is -0.478 e. The molecule has 0 atom stereocenters. The molecule has 0 unspecified atom stereocenters. The predicted molar refractivity (Wildman–Crippen MR) is 119 cm³/mol. The highest BCUT2D eigenvalue weighted by Crippen LogP contribution is 2.18. The van der Waals surface area contributed by atoms with Gasteiger partial charge in [-0.1, -0.05) is 19.9 Å². The first-order valence-corrected chi connectivity index (χ1v) is 9.55. The maximum atomic E-state index is 5.55. The van der Waals surface area contributed by atoms with Crippen molar-refractivity contribution in [3.63, 3.8) is 0 Å². The Bertz CT molecular complexity index is 690. The lowest BCUT2D eigenvalue weighted by atomic mass is 10.2. The first kappa shape index (κ1) is 22.6. The van der Waals surface area contributed by atoms with Crippen LogP contribution in [0.15, 0.2) is 28.7 Å². The van der Waals surface area contributed by atoms with Crippen molar-refractivity contribution in [1.29, 1.82) is 0 Å². The van der Waals surface area contributed by atoms with E-state index in [9.17, 15) is 0 Å². The molecular formula is C18H28IN5OS. The molecule has 0 bridgehead atoms. The Morgan fingerprint density at radius 2 is 2.12 bits per heavy atom. The van der Waals surface area contributed by atoms with Crippen LogP contribution in [0.3, 0.4) is 0 Å². The molecule has 0 amide bonds. The summed E-state index contributed by atoms with van der Waals surface area (Å²) in [6.07, 6.45) is 1.73. The highest BCUT2D eigenvalue weighted by Gasteiger charge is 2.07. The van der Waals surface area contributed by atoms with Crippen molar-refractivity contribution in [2.45, 2.75) is 46.7 Å². The fraction of sp³-hybridized carbons (Fsp3) is 0.500. The maximum absolute atomic E-state index is 5.55. The molecule has 0 saturated carbocycles. The number of thiazole rings is 1. The Morgan fingerprint density at radius 3 is 2.77 bits per heavy atom. The predicted octanol–water partition coefficient (Wildman–Crippen LogP) is 3.93. The van der Waals surface area contributed by atoms with E-state index in [0.29, 0.717) is 31.5 Å². The molecule has 8 heteroatoms. The van der Waals surface area contributed by atoms with Gasteiger partial charge in [0, 0.05) is 23.7 Å². The Hall–Kier alpha value is -1.42. The van der Waals surface area contributed by atoms with Gasteiger partial charge in [-0.25, -0.2) is 15.0 Å². The van der Waals surface area contributed by atoms with Gasteiger partial charge in [0.05, 0.1) is 25.4 Å². The van der Waals surface area contributed by atoms with Crippen LogP contribution in [0, 0.1) is 0 Å². The number of pyridine rings is 1. The maximum Gasteiger partial charge on any atom is 0.218 e. The van der Waals surface area contributed by atoms with Crippen molar-refractivity contribution in [2.75, 3.05) is 13.2 Å². The number of aromatic nitrogens is 2. The van der Waals surface area contributed by atoms with Gasteiger partial charge in [0.25, 0.3) is 0 Å². The summed E-state index contributed by atoms with van der Waals surface area (Å²) in [6, 6.07) is 3.89. The van der Waals surface area contributed by atoms with Gasteiger partial charge >= 0.3 is 0 Å². The fourth-order valence-electron chi connectivity index (χ4n) is 2.15. The van der Waals surface area contributed by atoms with Crippen molar-refractivity contribution >= 4 is 41.3 Å². The quantitative estimate of drug-likeness (QED) is 0.334. The number of nitrogens with zero attached hydrogens (tertiary/aromatic N) is 3. The van der Waals surface area contributed by atoms with Crippen LogP contribution in [0.25, 0.3) is 0 Å². The van der Waals surface area contributed by atoms with Crippen LogP contribution in [0.1, 0.15) is 49.9 Å².